The van der Waals surface area contributed by atoms with Crippen LogP contribution in [-0.2, 0) is 0 Å². The Kier molecular flexibility index (Phi) is 3.07. The number of alkyl halides is 1. The third kappa shape index (κ3) is 2.90. The molecule has 2 N–H and O–H groups in total. The predicted octanol–water partition coefficient (Wildman–Crippen LogP) is 2.63. The lowest BCUT2D eigenvalue weighted by molar-refractivity contribution is 0.453. The molecule has 0 saturated heterocycles. The van der Waals surface area contributed by atoms with Gasteiger partial charge in [0, 0.05) is 5.70 Å². The van der Waals surface area contributed by atoms with Crippen molar-refractivity contribution in [3.05, 3.63) is 47.2 Å². The van der Waals surface area contributed by atoms with E-state index in [2.05, 4.69) is 0 Å². The van der Waals surface area contributed by atoms with Gasteiger partial charge in [-0.15, -0.1) is 0 Å². The fraction of sp³-hybridized carbons (Fsp3) is 0.273. The number of nitrogens with two attached hydrogens (primary N) is 1. The summed E-state index contributed by atoms with van der Waals surface area (Å²) in [6.45, 7) is 3.72. The molecule has 0 heterocycles. The van der Waals surface area contributed by atoms with E-state index in [0.717, 1.165) is 5.57 Å². The summed E-state index contributed by atoms with van der Waals surface area (Å²) in [6.07, 6.45) is 7.57. The molecule has 0 aromatic rings. The highest BCUT2D eigenvalue weighted by Crippen LogP contribution is 2.18. The molecule has 0 saturated carbocycles. The van der Waals surface area contributed by atoms with Crippen molar-refractivity contribution in [3.63, 3.8) is 0 Å². The van der Waals surface area contributed by atoms with Crippen LogP contribution < -0.4 is 5.73 Å². The molecule has 0 spiro atoms. The maximum Gasteiger partial charge on any atom is 0.144 e. The zero-order valence-electron chi connectivity index (χ0n) is 7.92. The average molecular weight is 179 g/mol. The molecule has 1 atom stereocenters. The molecule has 0 aromatic heterocycles. The standard InChI is InChI=1S/C11H14FN/c1-8-3-6-11(12)10(7-8)5-4-9(2)13/h3-7,11H,13H2,1-2H3/b9-4+,10-5-. The van der Waals surface area contributed by atoms with E-state index in [1.54, 1.807) is 31.2 Å². The zero-order chi connectivity index (χ0) is 9.84. The van der Waals surface area contributed by atoms with Crippen molar-refractivity contribution < 1.29 is 4.39 Å². The molecule has 1 aliphatic carbocycles. The molecule has 1 unspecified atom stereocenters. The molecule has 0 radical (unpaired) electrons. The Labute approximate surface area is 78.1 Å². The predicted molar refractivity (Wildman–Crippen MR) is 53.8 cm³/mol. The van der Waals surface area contributed by atoms with Gasteiger partial charge >= 0.3 is 0 Å². The molecule has 0 aliphatic heterocycles. The SMILES string of the molecule is CC1=C/C(=C/C=C(\C)N)C(F)C=C1. The third-order valence-corrected chi connectivity index (χ3v) is 1.78. The summed E-state index contributed by atoms with van der Waals surface area (Å²) in [6, 6.07) is 0. The lowest BCUT2D eigenvalue weighted by Crippen LogP contribution is -2.02. The first-order valence-electron chi connectivity index (χ1n) is 4.24. The van der Waals surface area contributed by atoms with Crippen LogP contribution in [0.25, 0.3) is 0 Å². The molecule has 0 bridgehead atoms. The van der Waals surface area contributed by atoms with E-state index in [4.69, 9.17) is 5.73 Å². The number of hydrogen-bond donors (Lipinski definition) is 1. The van der Waals surface area contributed by atoms with Crippen molar-refractivity contribution in [2.45, 2.75) is 20.0 Å². The first kappa shape index (κ1) is 9.78. The fourth-order valence-electron chi connectivity index (χ4n) is 1.11. The van der Waals surface area contributed by atoms with Gasteiger partial charge in [0.2, 0.25) is 0 Å². The number of halogens is 1. The van der Waals surface area contributed by atoms with Crippen LogP contribution in [0.4, 0.5) is 4.39 Å². The molecular weight excluding hydrogens is 165 g/mol. The van der Waals surface area contributed by atoms with Gasteiger partial charge in [0.05, 0.1) is 0 Å². The maximum absolute atomic E-state index is 13.2. The van der Waals surface area contributed by atoms with E-state index >= 15 is 0 Å². The minimum Gasteiger partial charge on any atom is -0.402 e. The minimum atomic E-state index is -1.00. The lowest BCUT2D eigenvalue weighted by Gasteiger charge is -2.09. The van der Waals surface area contributed by atoms with E-state index in [-0.39, 0.29) is 0 Å². The van der Waals surface area contributed by atoms with Crippen LogP contribution in [0.3, 0.4) is 0 Å². The van der Waals surface area contributed by atoms with Gasteiger partial charge in [-0.3, -0.25) is 0 Å². The summed E-state index contributed by atoms with van der Waals surface area (Å²) < 4.78 is 13.2. The van der Waals surface area contributed by atoms with Crippen molar-refractivity contribution in [3.8, 4) is 0 Å². The van der Waals surface area contributed by atoms with Crippen molar-refractivity contribution in [1.82, 2.24) is 0 Å². The molecule has 0 aromatic carbocycles. The monoisotopic (exact) mass is 179 g/mol. The number of rotatable bonds is 1. The summed E-state index contributed by atoms with van der Waals surface area (Å²) in [5, 5.41) is 0. The highest BCUT2D eigenvalue weighted by atomic mass is 19.1. The molecule has 13 heavy (non-hydrogen) atoms. The molecular formula is C11H14FN. The van der Waals surface area contributed by atoms with Crippen LogP contribution in [0.15, 0.2) is 47.2 Å². The van der Waals surface area contributed by atoms with Crippen LogP contribution in [0.1, 0.15) is 13.8 Å². The highest BCUT2D eigenvalue weighted by Gasteiger charge is 2.09. The van der Waals surface area contributed by atoms with Crippen LogP contribution >= 0.6 is 0 Å². The van der Waals surface area contributed by atoms with Crippen LogP contribution in [0.2, 0.25) is 0 Å². The summed E-state index contributed by atoms with van der Waals surface area (Å²) in [4.78, 5) is 0. The second kappa shape index (κ2) is 4.08. The lowest BCUT2D eigenvalue weighted by atomic mass is 10.0. The van der Waals surface area contributed by atoms with E-state index in [1.807, 2.05) is 13.0 Å². The topological polar surface area (TPSA) is 26.0 Å². The van der Waals surface area contributed by atoms with Gasteiger partial charge in [0.25, 0.3) is 0 Å². The van der Waals surface area contributed by atoms with E-state index < -0.39 is 6.17 Å². The maximum atomic E-state index is 13.2. The molecule has 0 fully saturated rings. The fourth-order valence-corrected chi connectivity index (χ4v) is 1.11. The van der Waals surface area contributed by atoms with Gasteiger partial charge in [-0.05, 0) is 31.6 Å². The summed E-state index contributed by atoms with van der Waals surface area (Å²) >= 11 is 0. The highest BCUT2D eigenvalue weighted by molar-refractivity contribution is 5.41. The van der Waals surface area contributed by atoms with Gasteiger partial charge in [-0.25, -0.2) is 4.39 Å². The average Bonchev–Trinajstić information content (AvgIpc) is 2.06. The first-order chi connectivity index (χ1) is 6.09. The molecule has 0 amide bonds. The molecule has 1 rings (SSSR count). The molecule has 1 aliphatic rings. The zero-order valence-corrected chi connectivity index (χ0v) is 7.92. The van der Waals surface area contributed by atoms with Gasteiger partial charge in [-0.2, -0.15) is 0 Å². The van der Waals surface area contributed by atoms with Gasteiger partial charge < -0.3 is 5.73 Å². The van der Waals surface area contributed by atoms with Crippen molar-refractivity contribution in [1.29, 1.82) is 0 Å². The quantitative estimate of drug-likeness (QED) is 0.658. The minimum absolute atomic E-state index is 0.657. The van der Waals surface area contributed by atoms with Gasteiger partial charge in [0.1, 0.15) is 6.17 Å². The van der Waals surface area contributed by atoms with Crippen molar-refractivity contribution in [2.75, 3.05) is 0 Å². The first-order valence-corrected chi connectivity index (χ1v) is 4.24. The Morgan fingerprint density at radius 2 is 2.31 bits per heavy atom. The van der Waals surface area contributed by atoms with Gasteiger partial charge in [0.15, 0.2) is 0 Å². The Hall–Kier alpha value is -1.31. The number of hydrogen-bond acceptors (Lipinski definition) is 1. The Morgan fingerprint density at radius 1 is 1.62 bits per heavy atom. The summed E-state index contributed by atoms with van der Waals surface area (Å²) in [5.74, 6) is 0. The van der Waals surface area contributed by atoms with Gasteiger partial charge in [-0.1, -0.05) is 23.8 Å². The summed E-state index contributed by atoms with van der Waals surface area (Å²) in [7, 11) is 0. The Morgan fingerprint density at radius 3 is 2.92 bits per heavy atom. The van der Waals surface area contributed by atoms with Crippen LogP contribution in [-0.4, -0.2) is 6.17 Å². The number of allylic oxidation sites excluding steroid dienone is 8. The van der Waals surface area contributed by atoms with E-state index in [9.17, 15) is 4.39 Å². The second-order valence-corrected chi connectivity index (χ2v) is 3.23. The van der Waals surface area contributed by atoms with Crippen LogP contribution in [0, 0.1) is 0 Å². The third-order valence-electron chi connectivity index (χ3n) is 1.78. The van der Waals surface area contributed by atoms with Crippen molar-refractivity contribution >= 4 is 0 Å². The largest absolute Gasteiger partial charge is 0.402 e. The van der Waals surface area contributed by atoms with Crippen molar-refractivity contribution in [2.24, 2.45) is 5.73 Å². The normalized spacial score (nSPS) is 26.4. The second-order valence-electron chi connectivity index (χ2n) is 3.23. The molecule has 1 nitrogen and oxygen atoms in total. The van der Waals surface area contributed by atoms with E-state index in [1.165, 1.54) is 0 Å². The van der Waals surface area contributed by atoms with Crippen LogP contribution in [0.5, 0.6) is 0 Å². The Balaban J connectivity index is 2.86. The Bertz CT molecular complexity index is 304. The summed E-state index contributed by atoms with van der Waals surface area (Å²) in [5.41, 5.74) is 7.84. The molecule has 2 heteroatoms. The van der Waals surface area contributed by atoms with E-state index in [0.29, 0.717) is 11.3 Å². The molecule has 70 valence electrons. The smallest absolute Gasteiger partial charge is 0.144 e.